The van der Waals surface area contributed by atoms with Crippen LogP contribution in [0.5, 0.6) is 0 Å². The van der Waals surface area contributed by atoms with Crippen LogP contribution in [0, 0.1) is 25.2 Å². The summed E-state index contributed by atoms with van der Waals surface area (Å²) in [7, 11) is 0. The number of nitriles is 1. The Kier molecular flexibility index (Phi) is 3.08. The molecule has 0 amide bonds. The molecular weight excluding hydrogens is 246 g/mol. The summed E-state index contributed by atoms with van der Waals surface area (Å²) in [6.45, 7) is 6.06. The molecule has 0 aromatic heterocycles. The van der Waals surface area contributed by atoms with Gasteiger partial charge in [-0.25, -0.2) is 0 Å². The second-order valence-electron chi connectivity index (χ2n) is 5.27. The van der Waals surface area contributed by atoms with Crippen LogP contribution in [0.25, 0.3) is 0 Å². The van der Waals surface area contributed by atoms with Crippen molar-refractivity contribution in [3.63, 3.8) is 0 Å². The molecule has 0 spiro atoms. The summed E-state index contributed by atoms with van der Waals surface area (Å²) in [5.41, 5.74) is 6.63. The molecule has 0 saturated carbocycles. The smallest absolute Gasteiger partial charge is 0.0992 e. The standard InChI is InChI=1S/C17H17N3/c1-12-7-13(2)9-15(8-12)20-6-5-19-16-10-14(11-18)3-4-17(16)20/h3-4,7-10,19H,5-6H2,1-2H3. The topological polar surface area (TPSA) is 39.1 Å². The first-order valence-electron chi connectivity index (χ1n) is 6.81. The number of hydrogen-bond donors (Lipinski definition) is 1. The lowest BCUT2D eigenvalue weighted by Crippen LogP contribution is -2.30. The number of nitrogens with zero attached hydrogens (tertiary/aromatic N) is 2. The van der Waals surface area contributed by atoms with Crippen molar-refractivity contribution in [1.82, 2.24) is 0 Å². The average molecular weight is 263 g/mol. The zero-order valence-corrected chi connectivity index (χ0v) is 11.8. The predicted octanol–water partition coefficient (Wildman–Crippen LogP) is 3.74. The van der Waals surface area contributed by atoms with E-state index in [9.17, 15) is 0 Å². The van der Waals surface area contributed by atoms with Gasteiger partial charge >= 0.3 is 0 Å². The van der Waals surface area contributed by atoms with Gasteiger partial charge in [-0.05, 0) is 55.3 Å². The van der Waals surface area contributed by atoms with Crippen LogP contribution in [0.3, 0.4) is 0 Å². The minimum Gasteiger partial charge on any atom is -0.382 e. The normalized spacial score (nSPS) is 13.3. The van der Waals surface area contributed by atoms with Gasteiger partial charge in [0.05, 0.1) is 23.0 Å². The van der Waals surface area contributed by atoms with Gasteiger partial charge in [0.15, 0.2) is 0 Å². The largest absolute Gasteiger partial charge is 0.382 e. The average Bonchev–Trinajstić information content (AvgIpc) is 2.45. The molecule has 3 nitrogen and oxygen atoms in total. The number of nitrogens with one attached hydrogen (secondary N) is 1. The van der Waals surface area contributed by atoms with Gasteiger partial charge in [-0.2, -0.15) is 5.26 Å². The molecule has 1 N–H and O–H groups in total. The molecule has 0 unspecified atom stereocenters. The van der Waals surface area contributed by atoms with E-state index in [0.717, 1.165) is 24.5 Å². The highest BCUT2D eigenvalue weighted by Crippen LogP contribution is 2.35. The van der Waals surface area contributed by atoms with Crippen molar-refractivity contribution < 1.29 is 0 Å². The monoisotopic (exact) mass is 263 g/mol. The van der Waals surface area contributed by atoms with E-state index in [1.54, 1.807) is 0 Å². The van der Waals surface area contributed by atoms with Crippen LogP contribution in [-0.4, -0.2) is 13.1 Å². The van der Waals surface area contributed by atoms with Crippen molar-refractivity contribution in [3.05, 3.63) is 53.1 Å². The summed E-state index contributed by atoms with van der Waals surface area (Å²) < 4.78 is 0. The molecule has 0 aliphatic carbocycles. The third-order valence-corrected chi connectivity index (χ3v) is 3.59. The first-order chi connectivity index (χ1) is 9.67. The fourth-order valence-electron chi connectivity index (χ4n) is 2.78. The number of fused-ring (bicyclic) bond motifs is 1. The SMILES string of the molecule is Cc1cc(C)cc(N2CCNc3cc(C#N)ccc32)c1. The van der Waals surface area contributed by atoms with Gasteiger partial charge in [-0.1, -0.05) is 6.07 Å². The Bertz CT molecular complexity index is 678. The Balaban J connectivity index is 2.07. The Morgan fingerprint density at radius 1 is 1.10 bits per heavy atom. The lowest BCUT2D eigenvalue weighted by atomic mass is 10.1. The number of rotatable bonds is 1. The van der Waals surface area contributed by atoms with Crippen molar-refractivity contribution in [1.29, 1.82) is 5.26 Å². The minimum absolute atomic E-state index is 0.693. The molecule has 3 heteroatoms. The van der Waals surface area contributed by atoms with Gasteiger partial charge in [0.2, 0.25) is 0 Å². The van der Waals surface area contributed by atoms with Crippen LogP contribution < -0.4 is 10.2 Å². The molecule has 2 aromatic carbocycles. The van der Waals surface area contributed by atoms with Gasteiger partial charge in [-0.3, -0.25) is 0 Å². The fraction of sp³-hybridized carbons (Fsp3) is 0.235. The van der Waals surface area contributed by atoms with Crippen molar-refractivity contribution in [2.45, 2.75) is 13.8 Å². The maximum Gasteiger partial charge on any atom is 0.0992 e. The van der Waals surface area contributed by atoms with E-state index in [-0.39, 0.29) is 0 Å². The third kappa shape index (κ3) is 2.21. The molecule has 0 radical (unpaired) electrons. The molecule has 100 valence electrons. The molecule has 3 rings (SSSR count). The van der Waals surface area contributed by atoms with E-state index in [1.165, 1.54) is 16.8 Å². The van der Waals surface area contributed by atoms with Crippen molar-refractivity contribution >= 4 is 17.1 Å². The third-order valence-electron chi connectivity index (χ3n) is 3.59. The molecule has 0 bridgehead atoms. The van der Waals surface area contributed by atoms with Gasteiger partial charge in [0, 0.05) is 18.8 Å². The second-order valence-corrected chi connectivity index (χ2v) is 5.27. The van der Waals surface area contributed by atoms with E-state index in [1.807, 2.05) is 18.2 Å². The molecule has 2 aromatic rings. The Hall–Kier alpha value is -2.47. The lowest BCUT2D eigenvalue weighted by molar-refractivity contribution is 0.925. The fourth-order valence-corrected chi connectivity index (χ4v) is 2.78. The maximum atomic E-state index is 9.00. The highest BCUT2D eigenvalue weighted by Gasteiger charge is 2.18. The number of anilines is 3. The Morgan fingerprint density at radius 3 is 2.55 bits per heavy atom. The lowest BCUT2D eigenvalue weighted by Gasteiger charge is -2.32. The van der Waals surface area contributed by atoms with Gasteiger partial charge in [0.1, 0.15) is 0 Å². The van der Waals surface area contributed by atoms with Crippen molar-refractivity contribution in [3.8, 4) is 6.07 Å². The van der Waals surface area contributed by atoms with Crippen molar-refractivity contribution in [2.24, 2.45) is 0 Å². The van der Waals surface area contributed by atoms with Crippen LogP contribution in [0.2, 0.25) is 0 Å². The maximum absolute atomic E-state index is 9.00. The molecule has 0 atom stereocenters. The van der Waals surface area contributed by atoms with E-state index in [0.29, 0.717) is 5.56 Å². The van der Waals surface area contributed by atoms with E-state index < -0.39 is 0 Å². The summed E-state index contributed by atoms with van der Waals surface area (Å²) >= 11 is 0. The van der Waals surface area contributed by atoms with E-state index in [2.05, 4.69) is 48.3 Å². The summed E-state index contributed by atoms with van der Waals surface area (Å²) in [5.74, 6) is 0. The highest BCUT2D eigenvalue weighted by atomic mass is 15.2. The van der Waals surface area contributed by atoms with Crippen LogP contribution in [0.15, 0.2) is 36.4 Å². The van der Waals surface area contributed by atoms with E-state index in [4.69, 9.17) is 5.26 Å². The zero-order chi connectivity index (χ0) is 14.1. The predicted molar refractivity (Wildman–Crippen MR) is 82.6 cm³/mol. The summed E-state index contributed by atoms with van der Waals surface area (Å²) in [6, 6.07) is 14.6. The van der Waals surface area contributed by atoms with E-state index >= 15 is 0 Å². The second kappa shape index (κ2) is 4.90. The number of hydrogen-bond acceptors (Lipinski definition) is 3. The molecule has 20 heavy (non-hydrogen) atoms. The quantitative estimate of drug-likeness (QED) is 0.852. The van der Waals surface area contributed by atoms with Gasteiger partial charge in [-0.15, -0.1) is 0 Å². The molecule has 1 aliphatic heterocycles. The van der Waals surface area contributed by atoms with Crippen molar-refractivity contribution in [2.75, 3.05) is 23.3 Å². The summed E-state index contributed by atoms with van der Waals surface area (Å²) in [5, 5.41) is 12.4. The molecule has 0 saturated heterocycles. The molecule has 0 fully saturated rings. The van der Waals surface area contributed by atoms with Crippen LogP contribution in [-0.2, 0) is 0 Å². The number of aryl methyl sites for hydroxylation is 2. The minimum atomic E-state index is 0.693. The highest BCUT2D eigenvalue weighted by molar-refractivity contribution is 5.80. The summed E-state index contributed by atoms with van der Waals surface area (Å²) in [4.78, 5) is 2.31. The Labute approximate surface area is 119 Å². The first-order valence-corrected chi connectivity index (χ1v) is 6.81. The van der Waals surface area contributed by atoms with Crippen LogP contribution >= 0.6 is 0 Å². The Morgan fingerprint density at radius 2 is 1.85 bits per heavy atom. The zero-order valence-electron chi connectivity index (χ0n) is 11.8. The molecular formula is C17H17N3. The van der Waals surface area contributed by atoms with Gasteiger partial charge < -0.3 is 10.2 Å². The van der Waals surface area contributed by atoms with Crippen LogP contribution in [0.1, 0.15) is 16.7 Å². The first kappa shape index (κ1) is 12.6. The molecule has 1 aliphatic rings. The number of benzene rings is 2. The van der Waals surface area contributed by atoms with Gasteiger partial charge in [0.25, 0.3) is 0 Å². The van der Waals surface area contributed by atoms with Crippen LogP contribution in [0.4, 0.5) is 17.1 Å². The summed E-state index contributed by atoms with van der Waals surface area (Å²) in [6.07, 6.45) is 0. The molecule has 1 heterocycles.